The van der Waals surface area contributed by atoms with Crippen molar-refractivity contribution in [3.8, 4) is 0 Å². The monoisotopic (exact) mass is 298 g/mol. The molecule has 0 saturated carbocycles. The zero-order chi connectivity index (χ0) is 13.8. The highest BCUT2D eigenvalue weighted by Crippen LogP contribution is 2.24. The first-order chi connectivity index (χ1) is 9.08. The predicted molar refractivity (Wildman–Crippen MR) is 75.9 cm³/mol. The van der Waals surface area contributed by atoms with E-state index in [2.05, 4.69) is 20.4 Å². The zero-order valence-corrected chi connectivity index (χ0v) is 11.3. The standard InChI is InChI=1S/C10H11ClN6OS/c11-5-1-2-8(17-13)14-6(5)4-19-10-15-7(12)3-9(18)16-10/h1-3H,4,13H2,(H,14,17)(H3,12,15,16,18). The van der Waals surface area contributed by atoms with Crippen molar-refractivity contribution in [3.63, 3.8) is 0 Å². The molecule has 0 amide bonds. The van der Waals surface area contributed by atoms with Gasteiger partial charge in [0.05, 0.1) is 10.7 Å². The summed E-state index contributed by atoms with van der Waals surface area (Å²) in [6.07, 6.45) is 0. The van der Waals surface area contributed by atoms with E-state index in [9.17, 15) is 4.79 Å². The minimum absolute atomic E-state index is 0.169. The van der Waals surface area contributed by atoms with E-state index in [1.807, 2.05) is 0 Å². The molecule has 6 N–H and O–H groups in total. The second kappa shape index (κ2) is 5.91. The van der Waals surface area contributed by atoms with E-state index in [0.717, 1.165) is 0 Å². The van der Waals surface area contributed by atoms with Crippen LogP contribution in [0.2, 0.25) is 5.02 Å². The molecule has 0 aliphatic carbocycles. The van der Waals surface area contributed by atoms with Gasteiger partial charge in [-0.3, -0.25) is 4.79 Å². The predicted octanol–water partition coefficient (Wildman–Crippen LogP) is 0.978. The molecule has 0 aliphatic rings. The SMILES string of the molecule is NNc1ccc(Cl)c(CSc2nc(N)cc(=O)[nH]2)n1. The molecule has 2 aromatic rings. The molecule has 9 heteroatoms. The first kappa shape index (κ1) is 13.7. The van der Waals surface area contributed by atoms with Crippen LogP contribution in [0.5, 0.6) is 0 Å². The number of pyridine rings is 1. The quantitative estimate of drug-likeness (QED) is 0.287. The minimum Gasteiger partial charge on any atom is -0.383 e. The number of thioether (sulfide) groups is 1. The van der Waals surface area contributed by atoms with E-state index in [-0.39, 0.29) is 11.4 Å². The van der Waals surface area contributed by atoms with Crippen LogP contribution in [0.3, 0.4) is 0 Å². The van der Waals surface area contributed by atoms with Gasteiger partial charge >= 0.3 is 0 Å². The van der Waals surface area contributed by atoms with Crippen molar-refractivity contribution in [1.29, 1.82) is 0 Å². The number of H-pyrrole nitrogens is 1. The Hall–Kier alpha value is -1.77. The van der Waals surface area contributed by atoms with Crippen LogP contribution in [0, 0.1) is 0 Å². The molecule has 0 bridgehead atoms. The normalized spacial score (nSPS) is 10.4. The molecule has 2 aromatic heterocycles. The first-order valence-electron chi connectivity index (χ1n) is 5.20. The van der Waals surface area contributed by atoms with Gasteiger partial charge in [-0.2, -0.15) is 0 Å². The molecule has 7 nitrogen and oxygen atoms in total. The second-order valence-electron chi connectivity index (χ2n) is 3.53. The maximum absolute atomic E-state index is 11.2. The van der Waals surface area contributed by atoms with Crippen LogP contribution in [-0.2, 0) is 5.75 Å². The van der Waals surface area contributed by atoms with Crippen molar-refractivity contribution in [3.05, 3.63) is 39.3 Å². The number of aromatic nitrogens is 3. The number of aromatic amines is 1. The topological polar surface area (TPSA) is 123 Å². The molecule has 2 rings (SSSR count). The van der Waals surface area contributed by atoms with E-state index in [1.54, 1.807) is 12.1 Å². The number of nitrogen functional groups attached to an aromatic ring is 2. The number of nitrogens with one attached hydrogen (secondary N) is 2. The van der Waals surface area contributed by atoms with Gasteiger partial charge in [-0.15, -0.1) is 0 Å². The van der Waals surface area contributed by atoms with Crippen LogP contribution >= 0.6 is 23.4 Å². The van der Waals surface area contributed by atoms with E-state index in [0.29, 0.717) is 27.4 Å². The molecule has 2 heterocycles. The molecule has 0 fully saturated rings. The summed E-state index contributed by atoms with van der Waals surface area (Å²) in [5, 5.41) is 0.923. The Morgan fingerprint density at radius 1 is 1.42 bits per heavy atom. The highest BCUT2D eigenvalue weighted by Gasteiger charge is 2.06. The molecule has 0 radical (unpaired) electrons. The first-order valence-corrected chi connectivity index (χ1v) is 6.56. The van der Waals surface area contributed by atoms with E-state index in [4.69, 9.17) is 23.2 Å². The van der Waals surface area contributed by atoms with Crippen LogP contribution < -0.4 is 22.6 Å². The molecule has 0 aliphatic heterocycles. The minimum atomic E-state index is -0.300. The Morgan fingerprint density at radius 3 is 2.89 bits per heavy atom. The van der Waals surface area contributed by atoms with Gasteiger partial charge in [-0.25, -0.2) is 15.8 Å². The lowest BCUT2D eigenvalue weighted by molar-refractivity contribution is 0.943. The van der Waals surface area contributed by atoms with Gasteiger partial charge in [0.15, 0.2) is 5.16 Å². The van der Waals surface area contributed by atoms with E-state index < -0.39 is 0 Å². The Morgan fingerprint density at radius 2 is 2.21 bits per heavy atom. The summed E-state index contributed by atoms with van der Waals surface area (Å²) in [6.45, 7) is 0. The van der Waals surface area contributed by atoms with Gasteiger partial charge in [0.25, 0.3) is 5.56 Å². The lowest BCUT2D eigenvalue weighted by Crippen LogP contribution is -2.10. The fraction of sp³-hybridized carbons (Fsp3) is 0.100. The third kappa shape index (κ3) is 3.60. The molecule has 0 aromatic carbocycles. The van der Waals surface area contributed by atoms with Crippen LogP contribution in [0.25, 0.3) is 0 Å². The third-order valence-electron chi connectivity index (χ3n) is 2.15. The molecule has 0 saturated heterocycles. The maximum atomic E-state index is 11.2. The number of halogens is 1. The summed E-state index contributed by atoms with van der Waals surface area (Å²) in [5.74, 6) is 6.39. The number of hydrogen-bond donors (Lipinski definition) is 4. The maximum Gasteiger partial charge on any atom is 0.253 e. The largest absolute Gasteiger partial charge is 0.383 e. The van der Waals surface area contributed by atoms with Crippen LogP contribution in [-0.4, -0.2) is 15.0 Å². The van der Waals surface area contributed by atoms with Gasteiger partial charge in [-0.1, -0.05) is 23.4 Å². The van der Waals surface area contributed by atoms with Crippen molar-refractivity contribution >= 4 is 35.0 Å². The molecule has 0 atom stereocenters. The highest BCUT2D eigenvalue weighted by molar-refractivity contribution is 7.98. The van der Waals surface area contributed by atoms with Gasteiger partial charge in [-0.05, 0) is 12.1 Å². The third-order valence-corrected chi connectivity index (χ3v) is 3.38. The summed E-state index contributed by atoms with van der Waals surface area (Å²) >= 11 is 7.29. The number of nitrogens with two attached hydrogens (primary N) is 2. The fourth-order valence-electron chi connectivity index (χ4n) is 1.32. The lowest BCUT2D eigenvalue weighted by Gasteiger charge is -2.06. The summed E-state index contributed by atoms with van der Waals surface area (Å²) < 4.78 is 0. The van der Waals surface area contributed by atoms with Crippen LogP contribution in [0.15, 0.2) is 28.2 Å². The number of rotatable bonds is 4. The number of nitrogens with zero attached hydrogens (tertiary/aromatic N) is 2. The zero-order valence-electron chi connectivity index (χ0n) is 9.68. The van der Waals surface area contributed by atoms with Gasteiger partial charge in [0.1, 0.15) is 11.6 Å². The summed E-state index contributed by atoms with van der Waals surface area (Å²) in [5.41, 5.74) is 8.26. The highest BCUT2D eigenvalue weighted by atomic mass is 35.5. The second-order valence-corrected chi connectivity index (χ2v) is 4.90. The Labute approximate surface area is 117 Å². The summed E-state index contributed by atoms with van der Waals surface area (Å²) in [6, 6.07) is 4.57. The number of hydrazine groups is 1. The van der Waals surface area contributed by atoms with Crippen LogP contribution in [0.4, 0.5) is 11.6 Å². The number of anilines is 2. The molecular weight excluding hydrogens is 288 g/mol. The lowest BCUT2D eigenvalue weighted by atomic mass is 10.4. The number of hydrogen-bond acceptors (Lipinski definition) is 7. The van der Waals surface area contributed by atoms with Crippen molar-refractivity contribution in [2.24, 2.45) is 5.84 Å². The summed E-state index contributed by atoms with van der Waals surface area (Å²) in [7, 11) is 0. The molecule has 100 valence electrons. The van der Waals surface area contributed by atoms with Crippen molar-refractivity contribution in [1.82, 2.24) is 15.0 Å². The van der Waals surface area contributed by atoms with E-state index >= 15 is 0 Å². The van der Waals surface area contributed by atoms with E-state index in [1.165, 1.54) is 17.8 Å². The average molecular weight is 299 g/mol. The Balaban J connectivity index is 2.16. The van der Waals surface area contributed by atoms with Crippen LogP contribution in [0.1, 0.15) is 5.69 Å². The Bertz CT molecular complexity index is 646. The smallest absolute Gasteiger partial charge is 0.253 e. The van der Waals surface area contributed by atoms with Gasteiger partial charge in [0.2, 0.25) is 0 Å². The van der Waals surface area contributed by atoms with Gasteiger partial charge < -0.3 is 16.1 Å². The fourth-order valence-corrected chi connectivity index (χ4v) is 2.41. The molecule has 0 unspecified atom stereocenters. The average Bonchev–Trinajstić information content (AvgIpc) is 2.37. The van der Waals surface area contributed by atoms with Crippen molar-refractivity contribution < 1.29 is 0 Å². The Kier molecular flexibility index (Phi) is 4.25. The van der Waals surface area contributed by atoms with Crippen molar-refractivity contribution in [2.75, 3.05) is 11.2 Å². The molecular formula is C10H11ClN6OS. The van der Waals surface area contributed by atoms with Gasteiger partial charge in [0, 0.05) is 11.8 Å². The molecule has 19 heavy (non-hydrogen) atoms. The van der Waals surface area contributed by atoms with Crippen molar-refractivity contribution in [2.45, 2.75) is 10.9 Å². The molecule has 0 spiro atoms. The summed E-state index contributed by atoms with van der Waals surface area (Å²) in [4.78, 5) is 22.0.